The molecule has 0 aliphatic heterocycles. The maximum Gasteiger partial charge on any atom is 0.336 e. The van der Waals surface area contributed by atoms with Crippen LogP contribution in [0.5, 0.6) is 0 Å². The molecule has 0 atom stereocenters. The number of nitrogens with one attached hydrogen (secondary N) is 1. The molecule has 37 heavy (non-hydrogen) atoms. The summed E-state index contributed by atoms with van der Waals surface area (Å²) in [5.41, 5.74) is 4.26. The van der Waals surface area contributed by atoms with Crippen LogP contribution in [0.2, 0.25) is 5.02 Å². The quantitative estimate of drug-likeness (QED) is 0.272. The van der Waals surface area contributed by atoms with Crippen LogP contribution in [-0.4, -0.2) is 31.9 Å². The van der Waals surface area contributed by atoms with Crippen molar-refractivity contribution in [3.8, 4) is 28.1 Å². The number of hydrogen-bond acceptors (Lipinski definition) is 5. The van der Waals surface area contributed by atoms with E-state index in [2.05, 4.69) is 10.5 Å². The number of benzene rings is 3. The molecular weight excluding hydrogens is 492 g/mol. The largest absolute Gasteiger partial charge is 0.478 e. The van der Waals surface area contributed by atoms with Crippen LogP contribution < -0.4 is 5.32 Å². The molecule has 0 bridgehead atoms. The Labute approximate surface area is 217 Å². The van der Waals surface area contributed by atoms with Gasteiger partial charge in [0.05, 0.1) is 38.8 Å². The van der Waals surface area contributed by atoms with Gasteiger partial charge >= 0.3 is 5.97 Å². The number of aromatic nitrogens is 3. The molecular formula is C28H21ClN4O4. The number of amides is 1. The highest BCUT2D eigenvalue weighted by Crippen LogP contribution is 2.42. The highest BCUT2D eigenvalue weighted by molar-refractivity contribution is 6.34. The fraction of sp³-hybridized carbons (Fsp3) is 0.0714. The normalized spacial score (nSPS) is 10.9. The summed E-state index contributed by atoms with van der Waals surface area (Å²) in [6, 6.07) is 22.7. The first-order valence-electron chi connectivity index (χ1n) is 11.4. The second-order valence-corrected chi connectivity index (χ2v) is 8.72. The van der Waals surface area contributed by atoms with Crippen molar-refractivity contribution in [3.05, 3.63) is 106 Å². The average molecular weight is 513 g/mol. The average Bonchev–Trinajstić information content (AvgIpc) is 3.43. The Bertz CT molecular complexity index is 1640. The lowest BCUT2D eigenvalue weighted by Gasteiger charge is -2.10. The van der Waals surface area contributed by atoms with E-state index in [-0.39, 0.29) is 22.0 Å². The lowest BCUT2D eigenvalue weighted by molar-refractivity contribution is 0.0697. The van der Waals surface area contributed by atoms with Crippen molar-refractivity contribution in [1.82, 2.24) is 14.9 Å². The van der Waals surface area contributed by atoms with Gasteiger partial charge in [-0.05, 0) is 44.2 Å². The Kier molecular flexibility index (Phi) is 6.33. The Morgan fingerprint density at radius 2 is 1.54 bits per heavy atom. The molecule has 8 nitrogen and oxygen atoms in total. The number of carbonyl (C=O) groups is 2. The van der Waals surface area contributed by atoms with E-state index in [9.17, 15) is 14.7 Å². The molecule has 5 rings (SSSR count). The topological polar surface area (TPSA) is 110 Å². The van der Waals surface area contributed by atoms with E-state index in [1.165, 1.54) is 6.07 Å². The molecule has 0 fully saturated rings. The molecule has 0 aliphatic carbocycles. The maximum absolute atomic E-state index is 13.1. The first kappa shape index (κ1) is 24.0. The predicted octanol–water partition coefficient (Wildman–Crippen LogP) is 6.42. The van der Waals surface area contributed by atoms with Gasteiger partial charge in [-0.15, -0.1) is 0 Å². The molecule has 0 unspecified atom stereocenters. The molecule has 2 heterocycles. The van der Waals surface area contributed by atoms with Crippen molar-refractivity contribution in [3.63, 3.8) is 0 Å². The van der Waals surface area contributed by atoms with E-state index in [1.807, 2.05) is 44.2 Å². The number of para-hydroxylation sites is 1. The summed E-state index contributed by atoms with van der Waals surface area (Å²) in [6.45, 7) is 3.73. The second kappa shape index (κ2) is 9.75. The molecule has 9 heteroatoms. The summed E-state index contributed by atoms with van der Waals surface area (Å²) in [7, 11) is 0. The summed E-state index contributed by atoms with van der Waals surface area (Å²) < 4.78 is 7.43. The number of anilines is 1. The van der Waals surface area contributed by atoms with Gasteiger partial charge in [-0.1, -0.05) is 65.3 Å². The van der Waals surface area contributed by atoms with E-state index in [0.717, 1.165) is 11.4 Å². The first-order chi connectivity index (χ1) is 17.9. The monoisotopic (exact) mass is 512 g/mol. The van der Waals surface area contributed by atoms with E-state index in [0.29, 0.717) is 28.1 Å². The molecule has 0 saturated heterocycles. The molecule has 1 amide bonds. The third-order valence-electron chi connectivity index (χ3n) is 5.99. The van der Waals surface area contributed by atoms with Crippen LogP contribution in [-0.2, 0) is 0 Å². The van der Waals surface area contributed by atoms with Crippen LogP contribution in [0.25, 0.3) is 28.1 Å². The maximum atomic E-state index is 13.1. The van der Waals surface area contributed by atoms with Crippen LogP contribution >= 0.6 is 11.6 Å². The molecule has 2 N–H and O–H groups in total. The van der Waals surface area contributed by atoms with E-state index in [1.54, 1.807) is 47.1 Å². The van der Waals surface area contributed by atoms with Gasteiger partial charge < -0.3 is 9.63 Å². The van der Waals surface area contributed by atoms with E-state index >= 15 is 0 Å². The molecule has 2 aromatic heterocycles. The number of aryl methyl sites for hydroxylation is 1. The lowest BCUT2D eigenvalue weighted by Crippen LogP contribution is -2.13. The number of carbonyl (C=O) groups excluding carboxylic acids is 1. The Morgan fingerprint density at radius 3 is 2.24 bits per heavy atom. The lowest BCUT2D eigenvalue weighted by atomic mass is 9.95. The number of rotatable bonds is 6. The van der Waals surface area contributed by atoms with Gasteiger partial charge in [-0.25, -0.2) is 9.48 Å². The fourth-order valence-corrected chi connectivity index (χ4v) is 4.53. The third kappa shape index (κ3) is 4.39. The summed E-state index contributed by atoms with van der Waals surface area (Å²) >= 11 is 6.22. The fourth-order valence-electron chi connectivity index (χ4n) is 4.31. The standard InChI is InChI=1S/C28H21ClN4O4/c1-16-23(17(2)33(31-16)18-10-4-3-5-11-18)25-24(19-12-6-7-13-20(19)28(35)36)27(37-32-25)30-26(34)21-14-8-9-15-22(21)29/h3-15H,1-2H3,(H,30,34)(H,35,36). The second-order valence-electron chi connectivity index (χ2n) is 8.31. The van der Waals surface area contributed by atoms with Crippen LogP contribution in [0.15, 0.2) is 83.4 Å². The Hall–Kier alpha value is -4.69. The Balaban J connectivity index is 1.71. The summed E-state index contributed by atoms with van der Waals surface area (Å²) in [6.07, 6.45) is 0. The smallest absolute Gasteiger partial charge is 0.336 e. The Morgan fingerprint density at radius 1 is 0.892 bits per heavy atom. The molecule has 3 aromatic carbocycles. The minimum absolute atomic E-state index is 0.000110. The molecule has 0 spiro atoms. The van der Waals surface area contributed by atoms with Crippen molar-refractivity contribution in [2.75, 3.05) is 5.32 Å². The van der Waals surface area contributed by atoms with Gasteiger partial charge in [0.1, 0.15) is 5.69 Å². The van der Waals surface area contributed by atoms with Gasteiger partial charge in [-0.3, -0.25) is 10.1 Å². The zero-order valence-electron chi connectivity index (χ0n) is 19.9. The highest BCUT2D eigenvalue weighted by Gasteiger charge is 2.29. The molecule has 0 radical (unpaired) electrons. The van der Waals surface area contributed by atoms with Crippen molar-refractivity contribution in [2.45, 2.75) is 13.8 Å². The summed E-state index contributed by atoms with van der Waals surface area (Å²) in [5.74, 6) is -1.64. The third-order valence-corrected chi connectivity index (χ3v) is 6.32. The minimum atomic E-state index is -1.13. The van der Waals surface area contributed by atoms with Gasteiger partial charge in [-0.2, -0.15) is 5.10 Å². The van der Waals surface area contributed by atoms with Gasteiger partial charge in [0.25, 0.3) is 5.91 Å². The number of hydrogen-bond donors (Lipinski definition) is 2. The molecule has 0 saturated carbocycles. The van der Waals surface area contributed by atoms with Crippen molar-refractivity contribution >= 4 is 29.4 Å². The summed E-state index contributed by atoms with van der Waals surface area (Å²) in [4.78, 5) is 25.2. The van der Waals surface area contributed by atoms with E-state index < -0.39 is 11.9 Å². The van der Waals surface area contributed by atoms with Gasteiger partial charge in [0, 0.05) is 11.1 Å². The zero-order valence-corrected chi connectivity index (χ0v) is 20.7. The number of halogens is 1. The number of carboxylic acids is 1. The van der Waals surface area contributed by atoms with Crippen molar-refractivity contribution in [2.24, 2.45) is 0 Å². The highest BCUT2D eigenvalue weighted by atomic mass is 35.5. The van der Waals surface area contributed by atoms with Crippen LogP contribution in [0.3, 0.4) is 0 Å². The summed E-state index contributed by atoms with van der Waals surface area (Å²) in [5, 5.41) is 21.9. The van der Waals surface area contributed by atoms with Crippen molar-refractivity contribution in [1.29, 1.82) is 0 Å². The number of aromatic carboxylic acids is 1. The van der Waals surface area contributed by atoms with E-state index in [4.69, 9.17) is 21.2 Å². The molecule has 0 aliphatic rings. The SMILES string of the molecule is Cc1nn(-c2ccccc2)c(C)c1-c1noc(NC(=O)c2ccccc2Cl)c1-c1ccccc1C(=O)O. The van der Waals surface area contributed by atoms with Gasteiger partial charge in [0.2, 0.25) is 5.88 Å². The van der Waals surface area contributed by atoms with Crippen LogP contribution in [0.1, 0.15) is 32.1 Å². The minimum Gasteiger partial charge on any atom is -0.478 e. The predicted molar refractivity (Wildman–Crippen MR) is 140 cm³/mol. The van der Waals surface area contributed by atoms with Crippen LogP contribution in [0.4, 0.5) is 5.88 Å². The van der Waals surface area contributed by atoms with Crippen molar-refractivity contribution < 1.29 is 19.2 Å². The number of nitrogens with zero attached hydrogens (tertiary/aromatic N) is 3. The molecule has 5 aromatic rings. The molecule has 184 valence electrons. The number of carboxylic acid groups (broad SMARTS) is 1. The van der Waals surface area contributed by atoms with Gasteiger partial charge in [0.15, 0.2) is 0 Å². The van der Waals surface area contributed by atoms with Crippen LogP contribution in [0, 0.1) is 13.8 Å². The first-order valence-corrected chi connectivity index (χ1v) is 11.7. The zero-order chi connectivity index (χ0) is 26.1.